The van der Waals surface area contributed by atoms with Crippen LogP contribution in [0.3, 0.4) is 0 Å². The van der Waals surface area contributed by atoms with Gasteiger partial charge in [-0.05, 0) is 19.5 Å². The number of anilines is 2. The average Bonchev–Trinajstić information content (AvgIpc) is 3.03. The van der Waals surface area contributed by atoms with E-state index in [1.807, 2.05) is 18.9 Å². The Morgan fingerprint density at radius 3 is 2.68 bits per heavy atom. The fourth-order valence-electron chi connectivity index (χ4n) is 3.33. The number of nitrogens with two attached hydrogens (primary N) is 1. The van der Waals surface area contributed by atoms with E-state index in [0.29, 0.717) is 24.4 Å². The molecule has 0 saturated carbocycles. The van der Waals surface area contributed by atoms with E-state index in [1.165, 1.54) is 12.1 Å². The lowest BCUT2D eigenvalue weighted by atomic mass is 10.0. The molecule has 0 bridgehead atoms. The first kappa shape index (κ1) is 17.5. The summed E-state index contributed by atoms with van der Waals surface area (Å²) in [6, 6.07) is 1.51. The Morgan fingerprint density at radius 2 is 2.08 bits per heavy atom. The van der Waals surface area contributed by atoms with Gasteiger partial charge in [0.25, 0.3) is 0 Å². The van der Waals surface area contributed by atoms with Crippen LogP contribution in [0.1, 0.15) is 12.5 Å². The highest BCUT2D eigenvalue weighted by molar-refractivity contribution is 5.81. The van der Waals surface area contributed by atoms with Crippen molar-refractivity contribution in [3.05, 3.63) is 29.3 Å². The van der Waals surface area contributed by atoms with Crippen molar-refractivity contribution in [3.8, 4) is 0 Å². The molecule has 1 unspecified atom stereocenters. The number of benzene rings is 1. The van der Waals surface area contributed by atoms with Crippen molar-refractivity contribution in [2.24, 2.45) is 0 Å². The van der Waals surface area contributed by atoms with Crippen LogP contribution in [0, 0.1) is 11.6 Å². The van der Waals surface area contributed by atoms with Gasteiger partial charge in [0.1, 0.15) is 5.82 Å². The number of nitrogen functional groups attached to an aromatic ring is 1. The molecule has 1 atom stereocenters. The molecule has 0 spiro atoms. The SMILES string of the molecule is CC1CN(c2cc(F)c(C3=CCN(C(=O)O)C3)c(F)c2N)CCN1C. The lowest BCUT2D eigenvalue weighted by Crippen LogP contribution is -2.50. The first-order valence-corrected chi connectivity index (χ1v) is 8.19. The molecule has 1 aromatic rings. The van der Waals surface area contributed by atoms with Crippen LogP contribution in [-0.2, 0) is 0 Å². The van der Waals surface area contributed by atoms with Crippen LogP contribution in [-0.4, -0.2) is 66.8 Å². The molecule has 2 aliphatic heterocycles. The molecule has 3 rings (SSSR count). The second-order valence-electron chi connectivity index (χ2n) is 6.65. The lowest BCUT2D eigenvalue weighted by molar-refractivity contribution is 0.158. The van der Waals surface area contributed by atoms with Gasteiger partial charge in [-0.25, -0.2) is 13.6 Å². The molecular formula is C17H22F2N4O2. The van der Waals surface area contributed by atoms with E-state index in [1.54, 1.807) is 0 Å². The summed E-state index contributed by atoms with van der Waals surface area (Å²) in [5.74, 6) is -1.54. The van der Waals surface area contributed by atoms with Crippen molar-refractivity contribution in [3.63, 3.8) is 0 Å². The summed E-state index contributed by atoms with van der Waals surface area (Å²) in [6.07, 6.45) is 0.398. The average molecular weight is 352 g/mol. The molecule has 6 nitrogen and oxygen atoms in total. The van der Waals surface area contributed by atoms with Crippen molar-refractivity contribution in [2.45, 2.75) is 13.0 Å². The fraction of sp³-hybridized carbons (Fsp3) is 0.471. The van der Waals surface area contributed by atoms with E-state index in [0.717, 1.165) is 11.4 Å². The van der Waals surface area contributed by atoms with Crippen LogP contribution < -0.4 is 10.6 Å². The molecule has 2 aliphatic rings. The minimum Gasteiger partial charge on any atom is -0.465 e. The number of nitrogens with zero attached hydrogens (tertiary/aromatic N) is 3. The Balaban J connectivity index is 1.92. The van der Waals surface area contributed by atoms with Gasteiger partial charge in [0.2, 0.25) is 0 Å². The maximum absolute atomic E-state index is 14.8. The Labute approximate surface area is 145 Å². The van der Waals surface area contributed by atoms with Crippen LogP contribution in [0.4, 0.5) is 25.0 Å². The molecule has 0 radical (unpaired) electrons. The van der Waals surface area contributed by atoms with Crippen LogP contribution in [0.15, 0.2) is 12.1 Å². The highest BCUT2D eigenvalue weighted by Crippen LogP contribution is 2.36. The Kier molecular flexibility index (Phi) is 4.55. The molecule has 0 aliphatic carbocycles. The van der Waals surface area contributed by atoms with Crippen molar-refractivity contribution >= 4 is 23.0 Å². The first-order chi connectivity index (χ1) is 11.8. The molecule has 1 saturated heterocycles. The molecule has 0 aromatic heterocycles. The van der Waals surface area contributed by atoms with Gasteiger partial charge in [0, 0.05) is 44.8 Å². The number of likely N-dealkylation sites (N-methyl/N-ethyl adjacent to an activating group) is 1. The van der Waals surface area contributed by atoms with E-state index in [-0.39, 0.29) is 30.4 Å². The van der Waals surface area contributed by atoms with Gasteiger partial charge < -0.3 is 25.5 Å². The number of piperazine rings is 1. The third-order valence-corrected chi connectivity index (χ3v) is 5.05. The predicted octanol–water partition coefficient (Wildman–Crippen LogP) is 2.06. The maximum Gasteiger partial charge on any atom is 0.407 e. The number of hydrogen-bond donors (Lipinski definition) is 2. The largest absolute Gasteiger partial charge is 0.465 e. The zero-order chi connectivity index (χ0) is 18.3. The second-order valence-corrected chi connectivity index (χ2v) is 6.65. The molecule has 136 valence electrons. The van der Waals surface area contributed by atoms with Gasteiger partial charge in [0.05, 0.1) is 16.9 Å². The van der Waals surface area contributed by atoms with Gasteiger partial charge in [-0.3, -0.25) is 0 Å². The number of carbonyl (C=O) groups is 1. The van der Waals surface area contributed by atoms with E-state index < -0.39 is 17.7 Å². The summed E-state index contributed by atoms with van der Waals surface area (Å²) < 4.78 is 29.5. The summed E-state index contributed by atoms with van der Waals surface area (Å²) in [7, 11) is 2.01. The monoisotopic (exact) mass is 352 g/mol. The van der Waals surface area contributed by atoms with Gasteiger partial charge in [-0.2, -0.15) is 0 Å². The van der Waals surface area contributed by atoms with Crippen molar-refractivity contribution in [1.29, 1.82) is 0 Å². The standard InChI is InChI=1S/C17H22F2N4O2/c1-10-8-22(6-5-21(10)2)13-7-12(18)14(15(19)16(13)20)11-3-4-23(9-11)17(24)25/h3,7,10H,4-6,8-9,20H2,1-2H3,(H,24,25). The van der Waals surface area contributed by atoms with Gasteiger partial charge in [0.15, 0.2) is 5.82 Å². The number of amides is 1. The first-order valence-electron chi connectivity index (χ1n) is 8.19. The normalized spacial score (nSPS) is 21.6. The third-order valence-electron chi connectivity index (χ3n) is 5.05. The molecule has 2 heterocycles. The smallest absolute Gasteiger partial charge is 0.407 e. The molecule has 3 N–H and O–H groups in total. The second kappa shape index (κ2) is 6.51. The van der Waals surface area contributed by atoms with Gasteiger partial charge in [-0.15, -0.1) is 0 Å². The minimum absolute atomic E-state index is 0.0481. The van der Waals surface area contributed by atoms with E-state index >= 15 is 0 Å². The quantitative estimate of drug-likeness (QED) is 0.797. The number of halogens is 2. The summed E-state index contributed by atoms with van der Waals surface area (Å²) in [6.45, 7) is 4.17. The highest BCUT2D eigenvalue weighted by atomic mass is 19.1. The Morgan fingerprint density at radius 1 is 1.36 bits per heavy atom. The van der Waals surface area contributed by atoms with E-state index in [4.69, 9.17) is 10.8 Å². The summed E-state index contributed by atoms with van der Waals surface area (Å²) >= 11 is 0. The molecule has 8 heteroatoms. The summed E-state index contributed by atoms with van der Waals surface area (Å²) in [4.78, 5) is 16.2. The van der Waals surface area contributed by atoms with Crippen molar-refractivity contribution < 1.29 is 18.7 Å². The van der Waals surface area contributed by atoms with Crippen LogP contribution >= 0.6 is 0 Å². The molecule has 1 aromatic carbocycles. The van der Waals surface area contributed by atoms with Crippen LogP contribution in [0.5, 0.6) is 0 Å². The molecule has 1 fully saturated rings. The lowest BCUT2D eigenvalue weighted by Gasteiger charge is -2.39. The number of carboxylic acid groups (broad SMARTS) is 1. The van der Waals surface area contributed by atoms with Gasteiger partial charge in [-0.1, -0.05) is 6.08 Å². The third kappa shape index (κ3) is 3.13. The Bertz CT molecular complexity index is 738. The van der Waals surface area contributed by atoms with Crippen molar-refractivity contribution in [1.82, 2.24) is 9.80 Å². The topological polar surface area (TPSA) is 73.0 Å². The highest BCUT2D eigenvalue weighted by Gasteiger charge is 2.29. The fourth-order valence-corrected chi connectivity index (χ4v) is 3.33. The zero-order valence-electron chi connectivity index (χ0n) is 14.3. The number of hydrogen-bond acceptors (Lipinski definition) is 4. The molecule has 25 heavy (non-hydrogen) atoms. The molecular weight excluding hydrogens is 330 g/mol. The zero-order valence-corrected chi connectivity index (χ0v) is 14.3. The van der Waals surface area contributed by atoms with Gasteiger partial charge >= 0.3 is 6.09 Å². The van der Waals surface area contributed by atoms with E-state index in [9.17, 15) is 13.6 Å². The maximum atomic E-state index is 14.8. The minimum atomic E-state index is -1.12. The summed E-state index contributed by atoms with van der Waals surface area (Å²) in [5, 5.41) is 9.00. The van der Waals surface area contributed by atoms with E-state index in [2.05, 4.69) is 4.90 Å². The predicted molar refractivity (Wildman–Crippen MR) is 92.7 cm³/mol. The number of rotatable bonds is 2. The van der Waals surface area contributed by atoms with Crippen LogP contribution in [0.25, 0.3) is 5.57 Å². The van der Waals surface area contributed by atoms with Crippen LogP contribution in [0.2, 0.25) is 0 Å². The summed E-state index contributed by atoms with van der Waals surface area (Å²) in [5.41, 5.74) is 6.31. The molecule has 1 amide bonds. The van der Waals surface area contributed by atoms with Crippen molar-refractivity contribution in [2.75, 3.05) is 50.4 Å². The Hall–Kier alpha value is -2.35.